The number of aliphatic hydroxyl groups excluding tert-OH is 1. The van der Waals surface area contributed by atoms with E-state index in [0.29, 0.717) is 0 Å². The topological polar surface area (TPSA) is 125 Å². The Morgan fingerprint density at radius 1 is 1.05 bits per heavy atom. The van der Waals surface area contributed by atoms with E-state index in [1.165, 1.54) is 96.2 Å². The van der Waals surface area contributed by atoms with Crippen molar-refractivity contribution in [3.8, 4) is 12.3 Å². The van der Waals surface area contributed by atoms with Gasteiger partial charge in [-0.15, -0.1) is 6.42 Å². The number of esters is 1. The number of rotatable bonds is 21. The predicted octanol–water partition coefficient (Wildman–Crippen LogP) is 6.83. The highest BCUT2D eigenvalue weighted by Gasteiger charge is 2.47. The molecular weight excluding hydrogens is 549 g/mol. The van der Waals surface area contributed by atoms with Gasteiger partial charge in [-0.2, -0.15) is 14.4 Å². The summed E-state index contributed by atoms with van der Waals surface area (Å²) in [4.78, 5) is 24.3. The van der Waals surface area contributed by atoms with Gasteiger partial charge in [0.15, 0.2) is 17.1 Å². The molecule has 3 heterocycles. The van der Waals surface area contributed by atoms with Crippen LogP contribution in [-0.4, -0.2) is 55.5 Å². The van der Waals surface area contributed by atoms with Crippen LogP contribution in [0.4, 0.5) is 10.2 Å². The number of imidazole rings is 1. The molecule has 1 fully saturated rings. The fraction of sp³-hybridized carbons (Fsp3) is 0.758. The average Bonchev–Trinajstić information content (AvgIpc) is 3.43. The molecule has 9 nitrogen and oxygen atoms in total. The molecule has 0 aliphatic carbocycles. The summed E-state index contributed by atoms with van der Waals surface area (Å²) >= 11 is 0. The number of nitrogens with two attached hydrogens (primary N) is 1. The van der Waals surface area contributed by atoms with Crippen molar-refractivity contribution in [1.82, 2.24) is 19.5 Å². The van der Waals surface area contributed by atoms with E-state index in [1.807, 2.05) is 0 Å². The first-order valence-corrected chi connectivity index (χ1v) is 16.5. The quantitative estimate of drug-likeness (QED) is 0.0691. The van der Waals surface area contributed by atoms with E-state index in [4.69, 9.17) is 21.6 Å². The van der Waals surface area contributed by atoms with E-state index in [0.717, 1.165) is 19.3 Å². The molecule has 1 saturated heterocycles. The first-order valence-electron chi connectivity index (χ1n) is 16.5. The van der Waals surface area contributed by atoms with Gasteiger partial charge in [-0.25, -0.2) is 4.98 Å². The largest absolute Gasteiger partial charge is 0.458 e. The highest BCUT2D eigenvalue weighted by Crippen LogP contribution is 2.35. The Bertz CT molecular complexity index is 1150. The van der Waals surface area contributed by atoms with Crippen molar-refractivity contribution in [3.63, 3.8) is 0 Å². The second kappa shape index (κ2) is 18.8. The lowest BCUT2D eigenvalue weighted by Crippen LogP contribution is -2.54. The number of ether oxygens (including phenoxy) is 2. The van der Waals surface area contributed by atoms with E-state index in [-0.39, 0.29) is 42.4 Å². The van der Waals surface area contributed by atoms with Crippen molar-refractivity contribution in [1.29, 1.82) is 0 Å². The lowest BCUT2D eigenvalue weighted by Gasteiger charge is -2.41. The molecule has 0 aromatic carbocycles. The SMILES string of the molecule is C#C[C@]1(CO)OC[C@@H](n2cnc3c(N)nc(F)nc32)CC1OC(=O)CCCCCCCCCCCCCCCCCCC. The summed E-state index contributed by atoms with van der Waals surface area (Å²) in [6.45, 7) is 1.86. The Hall–Kier alpha value is -2.77. The van der Waals surface area contributed by atoms with Crippen LogP contribution in [0.3, 0.4) is 0 Å². The molecule has 0 amide bonds. The molecule has 43 heavy (non-hydrogen) atoms. The molecule has 10 heteroatoms. The molecule has 3 rings (SSSR count). The molecule has 1 aliphatic rings. The zero-order valence-electron chi connectivity index (χ0n) is 26.1. The van der Waals surface area contributed by atoms with Gasteiger partial charge in [0.25, 0.3) is 0 Å². The molecule has 240 valence electrons. The second-order valence-corrected chi connectivity index (χ2v) is 12.0. The summed E-state index contributed by atoms with van der Waals surface area (Å²) in [7, 11) is 0. The molecule has 3 atom stereocenters. The Kier molecular flexibility index (Phi) is 15.2. The maximum absolute atomic E-state index is 13.8. The number of unbranched alkanes of at least 4 members (excludes halogenated alkanes) is 16. The van der Waals surface area contributed by atoms with Crippen molar-refractivity contribution in [2.24, 2.45) is 0 Å². The zero-order valence-corrected chi connectivity index (χ0v) is 26.1. The predicted molar refractivity (Wildman–Crippen MR) is 167 cm³/mol. The smallest absolute Gasteiger partial charge is 0.312 e. The maximum atomic E-state index is 13.8. The summed E-state index contributed by atoms with van der Waals surface area (Å²) < 4.78 is 27.1. The van der Waals surface area contributed by atoms with E-state index in [1.54, 1.807) is 4.57 Å². The molecular formula is C33H52FN5O4. The molecule has 0 spiro atoms. The number of halogens is 1. The van der Waals surface area contributed by atoms with Crippen molar-refractivity contribution in [2.45, 2.75) is 147 Å². The van der Waals surface area contributed by atoms with Crippen molar-refractivity contribution < 1.29 is 23.8 Å². The number of nitrogen functional groups attached to an aromatic ring is 1. The standard InChI is InChI=1S/C33H52FN5O4/c1-3-5-6-7-8-9-10-11-12-13-14-15-16-17-18-19-20-21-28(41)43-27-22-26(23-42-33(27,4-2)24-40)39-25-36-29-30(35)37-32(34)38-31(29)39/h2,25-27,40H,3,5-24H2,1H3,(H2,35,37,38)/t26-,27?,33+/m0/s1. The minimum Gasteiger partial charge on any atom is -0.458 e. The Morgan fingerprint density at radius 2 is 1.60 bits per heavy atom. The number of hydrogen-bond donors (Lipinski definition) is 2. The lowest BCUT2D eigenvalue weighted by molar-refractivity contribution is -0.188. The molecule has 0 bridgehead atoms. The Labute approximate surface area is 256 Å². The van der Waals surface area contributed by atoms with Crippen molar-refractivity contribution in [2.75, 3.05) is 18.9 Å². The third-order valence-corrected chi connectivity index (χ3v) is 8.59. The van der Waals surface area contributed by atoms with Crippen LogP contribution in [0, 0.1) is 18.4 Å². The van der Waals surface area contributed by atoms with Crippen LogP contribution in [0.25, 0.3) is 11.2 Å². The van der Waals surface area contributed by atoms with Gasteiger partial charge in [-0.05, 0) is 6.42 Å². The molecule has 3 N–H and O–H groups in total. The van der Waals surface area contributed by atoms with Crippen LogP contribution in [0.5, 0.6) is 0 Å². The molecule has 2 aromatic rings. The molecule has 0 saturated carbocycles. The zero-order chi connectivity index (χ0) is 30.9. The fourth-order valence-corrected chi connectivity index (χ4v) is 5.90. The number of fused-ring (bicyclic) bond motifs is 1. The number of carbonyl (C=O) groups is 1. The van der Waals surface area contributed by atoms with Gasteiger partial charge in [0.05, 0.1) is 25.6 Å². The number of hydrogen-bond acceptors (Lipinski definition) is 8. The number of carbonyl (C=O) groups excluding carboxylic acids is 1. The minimum absolute atomic E-state index is 0.0663. The highest BCUT2D eigenvalue weighted by atomic mass is 19.1. The first-order chi connectivity index (χ1) is 20.9. The summed E-state index contributed by atoms with van der Waals surface area (Å²) in [5.74, 6) is 2.04. The van der Waals surface area contributed by atoms with E-state index in [9.17, 15) is 14.3 Å². The van der Waals surface area contributed by atoms with Crippen LogP contribution in [-0.2, 0) is 14.3 Å². The minimum atomic E-state index is -1.45. The monoisotopic (exact) mass is 601 g/mol. The summed E-state index contributed by atoms with van der Waals surface area (Å²) in [5, 5.41) is 10.1. The van der Waals surface area contributed by atoms with Gasteiger partial charge >= 0.3 is 12.0 Å². The third-order valence-electron chi connectivity index (χ3n) is 8.59. The number of terminal acetylenes is 1. The molecule has 1 aliphatic heterocycles. The van der Waals surface area contributed by atoms with E-state index in [2.05, 4.69) is 27.8 Å². The summed E-state index contributed by atoms with van der Waals surface area (Å²) in [6, 6.07) is -0.412. The number of anilines is 1. The first kappa shape index (κ1) is 34.7. The van der Waals surface area contributed by atoms with Crippen LogP contribution >= 0.6 is 0 Å². The molecule has 2 aromatic heterocycles. The number of aromatic nitrogens is 4. The van der Waals surface area contributed by atoms with Crippen LogP contribution in [0.2, 0.25) is 0 Å². The van der Waals surface area contributed by atoms with Gasteiger partial charge in [-0.3, -0.25) is 4.79 Å². The second-order valence-electron chi connectivity index (χ2n) is 12.0. The third kappa shape index (κ3) is 10.7. The number of nitrogens with zero attached hydrogens (tertiary/aromatic N) is 4. The Balaban J connectivity index is 1.31. The normalized spacial score (nSPS) is 20.3. The van der Waals surface area contributed by atoms with Crippen LogP contribution in [0.15, 0.2) is 6.33 Å². The lowest BCUT2D eigenvalue weighted by atomic mass is 9.89. The van der Waals surface area contributed by atoms with Crippen molar-refractivity contribution >= 4 is 23.0 Å². The van der Waals surface area contributed by atoms with Gasteiger partial charge in [0, 0.05) is 12.8 Å². The maximum Gasteiger partial charge on any atom is 0.312 e. The highest BCUT2D eigenvalue weighted by molar-refractivity contribution is 5.81. The molecule has 0 radical (unpaired) electrons. The Morgan fingerprint density at radius 3 is 2.14 bits per heavy atom. The van der Waals surface area contributed by atoms with E-state index < -0.39 is 30.4 Å². The van der Waals surface area contributed by atoms with E-state index >= 15 is 0 Å². The van der Waals surface area contributed by atoms with Gasteiger partial charge in [-0.1, -0.05) is 116 Å². The average molecular weight is 602 g/mol. The molecule has 1 unspecified atom stereocenters. The van der Waals surface area contributed by atoms with Gasteiger partial charge in [0.2, 0.25) is 0 Å². The fourth-order valence-electron chi connectivity index (χ4n) is 5.90. The number of aliphatic hydroxyl groups is 1. The van der Waals surface area contributed by atoms with Crippen LogP contribution in [0.1, 0.15) is 135 Å². The van der Waals surface area contributed by atoms with Crippen LogP contribution < -0.4 is 5.73 Å². The van der Waals surface area contributed by atoms with Gasteiger partial charge < -0.3 is 24.9 Å². The van der Waals surface area contributed by atoms with Gasteiger partial charge in [0.1, 0.15) is 11.6 Å². The summed E-state index contributed by atoms with van der Waals surface area (Å²) in [5.41, 5.74) is 4.82. The van der Waals surface area contributed by atoms with Crippen molar-refractivity contribution in [3.05, 3.63) is 12.4 Å². The summed E-state index contributed by atoms with van der Waals surface area (Å²) in [6.07, 6.45) is 27.5.